The number of carbonyl (C=O) groups is 3. The zero-order valence-corrected chi connectivity index (χ0v) is 15.5. The van der Waals surface area contributed by atoms with Crippen LogP contribution in [0.25, 0.3) is 0 Å². The molecule has 144 valence electrons. The minimum Gasteiger partial charge on any atom is -0.396 e. The van der Waals surface area contributed by atoms with Crippen LogP contribution >= 0.6 is 0 Å². The van der Waals surface area contributed by atoms with Crippen molar-refractivity contribution >= 4 is 23.4 Å². The molecule has 3 heterocycles. The van der Waals surface area contributed by atoms with E-state index in [4.69, 9.17) is 0 Å². The van der Waals surface area contributed by atoms with Crippen molar-refractivity contribution in [2.24, 2.45) is 22.4 Å². The van der Waals surface area contributed by atoms with Gasteiger partial charge in [0.25, 0.3) is 5.91 Å². The van der Waals surface area contributed by atoms with E-state index in [9.17, 15) is 19.5 Å². The molecule has 0 radical (unpaired) electrons. The zero-order valence-electron chi connectivity index (χ0n) is 15.5. The highest BCUT2D eigenvalue weighted by Crippen LogP contribution is 2.43. The summed E-state index contributed by atoms with van der Waals surface area (Å²) < 4.78 is 0. The number of aliphatic hydroxyl groups excluding tert-OH is 1. The largest absolute Gasteiger partial charge is 0.396 e. The van der Waals surface area contributed by atoms with Crippen LogP contribution in [0.4, 0.5) is 0 Å². The van der Waals surface area contributed by atoms with Gasteiger partial charge in [-0.3, -0.25) is 14.4 Å². The van der Waals surface area contributed by atoms with Crippen molar-refractivity contribution in [1.29, 1.82) is 0 Å². The predicted octanol–water partition coefficient (Wildman–Crippen LogP) is -0.0321. The number of fused-ring (bicyclic) bond motifs is 1. The summed E-state index contributed by atoms with van der Waals surface area (Å²) in [4.78, 5) is 40.2. The van der Waals surface area contributed by atoms with Crippen molar-refractivity contribution in [3.63, 3.8) is 0 Å². The Bertz CT molecular complexity index is 631. The Hall–Kier alpha value is -1.96. The molecule has 0 aliphatic carbocycles. The van der Waals surface area contributed by atoms with Crippen LogP contribution in [0.3, 0.4) is 0 Å². The monoisotopic (exact) mass is 364 g/mol. The third-order valence-electron chi connectivity index (χ3n) is 6.16. The van der Waals surface area contributed by atoms with Crippen LogP contribution in [0.2, 0.25) is 0 Å². The van der Waals surface area contributed by atoms with E-state index in [1.807, 2.05) is 18.7 Å². The van der Waals surface area contributed by atoms with Crippen LogP contribution in [0.5, 0.6) is 0 Å². The van der Waals surface area contributed by atoms with E-state index in [2.05, 4.69) is 10.5 Å². The molecule has 0 bridgehead atoms. The van der Waals surface area contributed by atoms with E-state index >= 15 is 0 Å². The Balaban J connectivity index is 1.68. The van der Waals surface area contributed by atoms with Gasteiger partial charge >= 0.3 is 0 Å². The maximum Gasteiger partial charge on any atom is 0.270 e. The first kappa shape index (κ1) is 18.8. The third kappa shape index (κ3) is 3.22. The van der Waals surface area contributed by atoms with Gasteiger partial charge in [0.15, 0.2) is 0 Å². The van der Waals surface area contributed by atoms with Crippen LogP contribution in [0, 0.1) is 17.3 Å². The quantitative estimate of drug-likeness (QED) is 0.715. The standard InChI is InChI=1S/C18H28N4O4/c1-3-12(4-2)16(25)21-7-13-8-22(10-18(13,9-21)11-23)17(26)14-5-6-15(24)20-19-14/h12-13,23H,3-11H2,1-2H3,(H,20,24). The molecule has 2 fully saturated rings. The lowest BCUT2D eigenvalue weighted by molar-refractivity contribution is -0.135. The molecule has 26 heavy (non-hydrogen) atoms. The third-order valence-corrected chi connectivity index (χ3v) is 6.16. The first-order chi connectivity index (χ1) is 12.4. The maximum atomic E-state index is 12.7. The van der Waals surface area contributed by atoms with E-state index < -0.39 is 5.41 Å². The average Bonchev–Trinajstić information content (AvgIpc) is 3.17. The van der Waals surface area contributed by atoms with Crippen molar-refractivity contribution in [2.45, 2.75) is 39.5 Å². The average molecular weight is 364 g/mol. The smallest absolute Gasteiger partial charge is 0.270 e. The number of hydrogen-bond acceptors (Lipinski definition) is 5. The second kappa shape index (κ2) is 7.34. The summed E-state index contributed by atoms with van der Waals surface area (Å²) in [7, 11) is 0. The van der Waals surface area contributed by atoms with Gasteiger partial charge in [0.05, 0.1) is 6.61 Å². The topological polar surface area (TPSA) is 102 Å². The Labute approximate surface area is 153 Å². The molecule has 3 aliphatic heterocycles. The first-order valence-corrected chi connectivity index (χ1v) is 9.48. The van der Waals surface area contributed by atoms with Gasteiger partial charge in [0.2, 0.25) is 11.8 Å². The number of nitrogens with zero attached hydrogens (tertiary/aromatic N) is 3. The van der Waals surface area contributed by atoms with Crippen LogP contribution in [-0.2, 0) is 14.4 Å². The number of hydrogen-bond donors (Lipinski definition) is 2. The fourth-order valence-electron chi connectivity index (χ4n) is 4.43. The highest BCUT2D eigenvalue weighted by Gasteiger charge is 2.54. The van der Waals surface area contributed by atoms with Gasteiger partial charge < -0.3 is 14.9 Å². The summed E-state index contributed by atoms with van der Waals surface area (Å²) in [6, 6.07) is 0. The molecule has 3 aliphatic rings. The fourth-order valence-corrected chi connectivity index (χ4v) is 4.43. The lowest BCUT2D eigenvalue weighted by atomic mass is 9.82. The second-order valence-corrected chi connectivity index (χ2v) is 7.73. The van der Waals surface area contributed by atoms with Gasteiger partial charge in [-0.05, 0) is 12.8 Å². The van der Waals surface area contributed by atoms with E-state index in [1.54, 1.807) is 4.90 Å². The Morgan fingerprint density at radius 2 is 1.88 bits per heavy atom. The minimum absolute atomic E-state index is 0.0301. The number of rotatable bonds is 5. The Morgan fingerprint density at radius 3 is 2.42 bits per heavy atom. The van der Waals surface area contributed by atoms with Crippen LogP contribution in [0.15, 0.2) is 5.10 Å². The number of carbonyl (C=O) groups excluding carboxylic acids is 3. The zero-order chi connectivity index (χ0) is 18.9. The van der Waals surface area contributed by atoms with Gasteiger partial charge in [0.1, 0.15) is 5.71 Å². The molecule has 0 aromatic carbocycles. The van der Waals surface area contributed by atoms with Gasteiger partial charge in [-0.25, -0.2) is 5.43 Å². The van der Waals surface area contributed by atoms with E-state index in [1.165, 1.54) is 0 Å². The fraction of sp³-hybridized carbons (Fsp3) is 0.778. The molecule has 2 saturated heterocycles. The number of nitrogens with one attached hydrogen (secondary N) is 1. The molecule has 2 N–H and O–H groups in total. The van der Waals surface area contributed by atoms with Crippen LogP contribution in [-0.4, -0.2) is 71.1 Å². The van der Waals surface area contributed by atoms with Gasteiger partial charge in [-0.1, -0.05) is 13.8 Å². The summed E-state index contributed by atoms with van der Waals surface area (Å²) in [6.07, 6.45) is 2.25. The normalized spacial score (nSPS) is 28.2. The number of aliphatic hydroxyl groups is 1. The molecule has 0 saturated carbocycles. The first-order valence-electron chi connectivity index (χ1n) is 9.48. The number of likely N-dealkylation sites (tertiary alicyclic amines) is 2. The molecule has 0 aromatic heterocycles. The lowest BCUT2D eigenvalue weighted by Crippen LogP contribution is -2.44. The molecule has 3 amide bonds. The summed E-state index contributed by atoms with van der Waals surface area (Å²) in [5.74, 6) is -0.0853. The molecule has 3 rings (SSSR count). The summed E-state index contributed by atoms with van der Waals surface area (Å²) in [5, 5.41) is 13.9. The second-order valence-electron chi connectivity index (χ2n) is 7.73. The lowest BCUT2D eigenvalue weighted by Gasteiger charge is -2.29. The molecule has 0 spiro atoms. The molecule has 2 unspecified atom stereocenters. The van der Waals surface area contributed by atoms with E-state index in [-0.39, 0.29) is 42.6 Å². The molecule has 8 heteroatoms. The van der Waals surface area contributed by atoms with Crippen molar-refractivity contribution < 1.29 is 19.5 Å². The van der Waals surface area contributed by atoms with Gasteiger partial charge in [-0.15, -0.1) is 0 Å². The van der Waals surface area contributed by atoms with Crippen molar-refractivity contribution in [2.75, 3.05) is 32.8 Å². The molecular formula is C18H28N4O4. The van der Waals surface area contributed by atoms with E-state index in [0.717, 1.165) is 12.8 Å². The molecule has 8 nitrogen and oxygen atoms in total. The summed E-state index contributed by atoms with van der Waals surface area (Å²) in [6.45, 7) is 6.02. The maximum absolute atomic E-state index is 12.7. The Morgan fingerprint density at radius 1 is 1.23 bits per heavy atom. The highest BCUT2D eigenvalue weighted by atomic mass is 16.3. The Kier molecular flexibility index (Phi) is 5.32. The molecular weight excluding hydrogens is 336 g/mol. The van der Waals surface area contributed by atoms with Gasteiger partial charge in [0, 0.05) is 56.3 Å². The van der Waals surface area contributed by atoms with Gasteiger partial charge in [-0.2, -0.15) is 5.10 Å². The van der Waals surface area contributed by atoms with Crippen molar-refractivity contribution in [1.82, 2.24) is 15.2 Å². The van der Waals surface area contributed by atoms with Crippen molar-refractivity contribution in [3.05, 3.63) is 0 Å². The van der Waals surface area contributed by atoms with E-state index in [0.29, 0.717) is 38.3 Å². The summed E-state index contributed by atoms with van der Waals surface area (Å²) in [5.41, 5.74) is 2.27. The highest BCUT2D eigenvalue weighted by molar-refractivity contribution is 6.39. The number of amides is 3. The summed E-state index contributed by atoms with van der Waals surface area (Å²) >= 11 is 0. The number of hydrazone groups is 1. The molecule has 0 aromatic rings. The predicted molar refractivity (Wildman–Crippen MR) is 95.1 cm³/mol. The minimum atomic E-state index is -0.449. The van der Waals surface area contributed by atoms with Crippen LogP contribution < -0.4 is 5.43 Å². The van der Waals surface area contributed by atoms with Crippen molar-refractivity contribution in [3.8, 4) is 0 Å². The van der Waals surface area contributed by atoms with Crippen LogP contribution in [0.1, 0.15) is 39.5 Å². The SMILES string of the molecule is CCC(CC)C(=O)N1CC2CN(C(=O)C3=NNC(=O)CC3)CC2(CO)C1. The molecule has 2 atom stereocenters.